The Hall–Kier alpha value is -2.06. The topological polar surface area (TPSA) is 53.3 Å². The van der Waals surface area contributed by atoms with Gasteiger partial charge in [0.05, 0.1) is 28.1 Å². The molecule has 2 aromatic carbocycles. The minimum absolute atomic E-state index is 0.238. The van der Waals surface area contributed by atoms with Gasteiger partial charge in [-0.15, -0.1) is 0 Å². The Morgan fingerprint density at radius 1 is 1.09 bits per heavy atom. The second kappa shape index (κ2) is 13.1. The fourth-order valence-corrected chi connectivity index (χ4v) is 5.12. The zero-order valence-electron chi connectivity index (χ0n) is 19.9. The van der Waals surface area contributed by atoms with E-state index in [9.17, 15) is 10.1 Å². The molecule has 0 amide bonds. The summed E-state index contributed by atoms with van der Waals surface area (Å²) in [5.74, 6) is 0.456. The Balaban J connectivity index is 1.60. The lowest BCUT2D eigenvalue weighted by atomic mass is 9.76. The van der Waals surface area contributed by atoms with Crippen LogP contribution in [0.15, 0.2) is 48.5 Å². The van der Waals surface area contributed by atoms with E-state index in [1.54, 1.807) is 13.0 Å². The zero-order valence-corrected chi connectivity index (χ0v) is 21.5. The van der Waals surface area contributed by atoms with E-state index in [0.29, 0.717) is 41.8 Å². The van der Waals surface area contributed by atoms with Crippen molar-refractivity contribution in [2.45, 2.75) is 51.9 Å². The van der Waals surface area contributed by atoms with E-state index in [4.69, 9.17) is 27.9 Å². The number of halogens is 2. The molecule has 6 heteroatoms. The average molecular weight is 501 g/mol. The highest BCUT2D eigenvalue weighted by Crippen LogP contribution is 2.35. The number of likely N-dealkylation sites (tertiary alicyclic amines) is 1. The maximum Gasteiger partial charge on any atom is 0.305 e. The predicted octanol–water partition coefficient (Wildman–Crippen LogP) is 6.73. The maximum absolute atomic E-state index is 12.1. The lowest BCUT2D eigenvalue weighted by Gasteiger charge is -2.35. The first kappa shape index (κ1) is 26.5. The molecule has 182 valence electrons. The second-order valence-electron chi connectivity index (χ2n) is 9.35. The predicted molar refractivity (Wildman–Crippen MR) is 138 cm³/mol. The number of hydrogen-bond donors (Lipinski definition) is 0. The fraction of sp³-hybridized carbons (Fsp3) is 0.500. The average Bonchev–Trinajstić information content (AvgIpc) is 2.85. The van der Waals surface area contributed by atoms with Crippen LogP contribution in [0.4, 0.5) is 0 Å². The molecule has 1 fully saturated rings. The van der Waals surface area contributed by atoms with Crippen molar-refractivity contribution in [1.82, 2.24) is 4.90 Å². The number of esters is 1. The molecule has 1 aliphatic heterocycles. The normalized spacial score (nSPS) is 16.5. The van der Waals surface area contributed by atoms with Crippen LogP contribution in [0.5, 0.6) is 0 Å². The molecule has 4 nitrogen and oxygen atoms in total. The van der Waals surface area contributed by atoms with Crippen molar-refractivity contribution in [1.29, 1.82) is 5.26 Å². The Labute approximate surface area is 213 Å². The lowest BCUT2D eigenvalue weighted by Crippen LogP contribution is -2.37. The van der Waals surface area contributed by atoms with Crippen LogP contribution in [0.2, 0.25) is 10.0 Å². The summed E-state index contributed by atoms with van der Waals surface area (Å²) in [6.07, 6.45) is 5.41. The summed E-state index contributed by atoms with van der Waals surface area (Å²) in [4.78, 5) is 14.5. The van der Waals surface area contributed by atoms with E-state index < -0.39 is 5.41 Å². The quantitative estimate of drug-likeness (QED) is 0.320. The van der Waals surface area contributed by atoms with Crippen LogP contribution < -0.4 is 0 Å². The molecule has 1 unspecified atom stereocenters. The van der Waals surface area contributed by atoms with Gasteiger partial charge in [-0.3, -0.25) is 4.79 Å². The van der Waals surface area contributed by atoms with Gasteiger partial charge in [0.2, 0.25) is 0 Å². The molecular weight excluding hydrogens is 467 g/mol. The van der Waals surface area contributed by atoms with Crippen molar-refractivity contribution in [3.8, 4) is 6.07 Å². The number of carbonyl (C=O) groups excluding carboxylic acids is 1. The Bertz CT molecular complexity index is 968. The summed E-state index contributed by atoms with van der Waals surface area (Å²) in [5.41, 5.74) is 1.71. The third kappa shape index (κ3) is 8.01. The van der Waals surface area contributed by atoms with Crippen LogP contribution in [0.25, 0.3) is 0 Å². The van der Waals surface area contributed by atoms with Crippen LogP contribution in [0.3, 0.4) is 0 Å². The summed E-state index contributed by atoms with van der Waals surface area (Å²) in [6.45, 7) is 5.08. The summed E-state index contributed by atoms with van der Waals surface area (Å²) in [7, 11) is 0. The molecule has 1 aliphatic rings. The van der Waals surface area contributed by atoms with Gasteiger partial charge >= 0.3 is 5.97 Å². The molecule has 0 aromatic heterocycles. The van der Waals surface area contributed by atoms with Crippen LogP contribution >= 0.6 is 23.2 Å². The third-order valence-corrected chi connectivity index (χ3v) is 7.60. The molecule has 0 radical (unpaired) electrons. The van der Waals surface area contributed by atoms with Gasteiger partial charge in [0.25, 0.3) is 0 Å². The number of hydrogen-bond acceptors (Lipinski definition) is 4. The van der Waals surface area contributed by atoms with E-state index in [0.717, 1.165) is 31.6 Å². The molecule has 1 heterocycles. The zero-order chi connectivity index (χ0) is 24.4. The first-order chi connectivity index (χ1) is 16.4. The van der Waals surface area contributed by atoms with Gasteiger partial charge in [0.1, 0.15) is 0 Å². The van der Waals surface area contributed by atoms with Gasteiger partial charge in [-0.05, 0) is 94.3 Å². The van der Waals surface area contributed by atoms with Crippen LogP contribution in [0.1, 0.15) is 50.2 Å². The molecule has 0 aliphatic carbocycles. The van der Waals surface area contributed by atoms with Gasteiger partial charge in [0.15, 0.2) is 0 Å². The van der Waals surface area contributed by atoms with E-state index in [-0.39, 0.29) is 12.4 Å². The molecule has 0 N–H and O–H groups in total. The van der Waals surface area contributed by atoms with E-state index >= 15 is 0 Å². The van der Waals surface area contributed by atoms with Crippen molar-refractivity contribution in [2.24, 2.45) is 11.3 Å². The standard InChI is InChI=1S/C28H34Cl2N2O2/c1-2-34-27(33)10-13-28(21-31,20-24-8-9-25(29)26(30)19-24)14-17-32-15-11-23(12-16-32)18-22-6-4-3-5-7-22/h3-9,19,23H,2,10-18,20H2,1H3. The SMILES string of the molecule is CCOC(=O)CCC(C#N)(CCN1CCC(Cc2ccccc2)CC1)Cc1ccc(Cl)c(Cl)c1. The number of rotatable bonds is 11. The molecule has 0 saturated carbocycles. The summed E-state index contributed by atoms with van der Waals surface area (Å²) in [5, 5.41) is 11.2. The number of piperidine rings is 1. The molecule has 3 rings (SSSR count). The largest absolute Gasteiger partial charge is 0.466 e. The van der Waals surface area contributed by atoms with Crippen molar-refractivity contribution in [2.75, 3.05) is 26.2 Å². The molecule has 0 bridgehead atoms. The number of nitriles is 1. The number of nitrogens with zero attached hydrogens (tertiary/aromatic N) is 2. The summed E-state index contributed by atoms with van der Waals surface area (Å²) < 4.78 is 5.12. The van der Waals surface area contributed by atoms with E-state index in [2.05, 4.69) is 41.3 Å². The molecular formula is C28H34Cl2N2O2. The molecule has 1 saturated heterocycles. The van der Waals surface area contributed by atoms with Gasteiger partial charge in [0, 0.05) is 6.42 Å². The Morgan fingerprint density at radius 3 is 2.47 bits per heavy atom. The van der Waals surface area contributed by atoms with Gasteiger partial charge < -0.3 is 9.64 Å². The van der Waals surface area contributed by atoms with Gasteiger partial charge in [-0.25, -0.2) is 0 Å². The number of benzene rings is 2. The summed E-state index contributed by atoms with van der Waals surface area (Å²) >= 11 is 12.3. The Kier molecular flexibility index (Phi) is 10.3. The minimum Gasteiger partial charge on any atom is -0.466 e. The van der Waals surface area contributed by atoms with Crippen LogP contribution in [-0.2, 0) is 22.4 Å². The highest BCUT2D eigenvalue weighted by molar-refractivity contribution is 6.42. The van der Waals surface area contributed by atoms with E-state index in [1.807, 2.05) is 12.1 Å². The van der Waals surface area contributed by atoms with Crippen molar-refractivity contribution >= 4 is 29.2 Å². The maximum atomic E-state index is 12.1. The third-order valence-electron chi connectivity index (χ3n) is 6.86. The highest BCUT2D eigenvalue weighted by atomic mass is 35.5. The van der Waals surface area contributed by atoms with Gasteiger partial charge in [-0.2, -0.15) is 5.26 Å². The fourth-order valence-electron chi connectivity index (χ4n) is 4.80. The summed E-state index contributed by atoms with van der Waals surface area (Å²) in [6, 6.07) is 18.8. The smallest absolute Gasteiger partial charge is 0.305 e. The molecule has 1 atom stereocenters. The monoisotopic (exact) mass is 500 g/mol. The van der Waals surface area contributed by atoms with Crippen molar-refractivity contribution < 1.29 is 9.53 Å². The Morgan fingerprint density at radius 2 is 1.82 bits per heavy atom. The molecule has 0 spiro atoms. The second-order valence-corrected chi connectivity index (χ2v) is 10.2. The molecule has 2 aromatic rings. The first-order valence-corrected chi connectivity index (χ1v) is 13.0. The minimum atomic E-state index is -0.662. The van der Waals surface area contributed by atoms with Crippen molar-refractivity contribution in [3.05, 3.63) is 69.7 Å². The number of ether oxygens (including phenoxy) is 1. The highest BCUT2D eigenvalue weighted by Gasteiger charge is 2.33. The molecule has 34 heavy (non-hydrogen) atoms. The first-order valence-electron chi connectivity index (χ1n) is 12.2. The van der Waals surface area contributed by atoms with Crippen LogP contribution in [0, 0.1) is 22.7 Å². The van der Waals surface area contributed by atoms with Gasteiger partial charge in [-0.1, -0.05) is 59.6 Å². The van der Waals surface area contributed by atoms with E-state index in [1.165, 1.54) is 18.4 Å². The van der Waals surface area contributed by atoms with Crippen molar-refractivity contribution in [3.63, 3.8) is 0 Å². The van der Waals surface area contributed by atoms with Crippen LogP contribution in [-0.4, -0.2) is 37.1 Å². The number of carbonyl (C=O) groups is 1. The lowest BCUT2D eigenvalue weighted by molar-refractivity contribution is -0.143.